The van der Waals surface area contributed by atoms with E-state index >= 15 is 0 Å². The highest BCUT2D eigenvalue weighted by Crippen LogP contribution is 2.51. The van der Waals surface area contributed by atoms with Gasteiger partial charge in [-0.2, -0.15) is 0 Å². The summed E-state index contributed by atoms with van der Waals surface area (Å²) in [4.78, 5) is 15.0. The van der Waals surface area contributed by atoms with Gasteiger partial charge in [0, 0.05) is 23.9 Å². The van der Waals surface area contributed by atoms with Crippen molar-refractivity contribution in [1.82, 2.24) is 4.90 Å². The molecule has 0 aromatic heterocycles. The Hall–Kier alpha value is -1.55. The number of hydrogen-bond donors (Lipinski definition) is 1. The van der Waals surface area contributed by atoms with Gasteiger partial charge in [0.05, 0.1) is 13.2 Å². The first kappa shape index (κ1) is 19.2. The van der Waals surface area contributed by atoms with Gasteiger partial charge in [-0.1, -0.05) is 19.1 Å². The number of benzene rings is 1. The molecule has 2 bridgehead atoms. The number of rotatable bonds is 8. The van der Waals surface area contributed by atoms with Crippen molar-refractivity contribution in [2.75, 3.05) is 13.2 Å². The van der Waals surface area contributed by atoms with Crippen LogP contribution in [0.5, 0.6) is 5.75 Å². The van der Waals surface area contributed by atoms with Crippen LogP contribution < -0.4 is 4.74 Å². The minimum Gasteiger partial charge on any atom is -0.494 e. The molecule has 26 heavy (non-hydrogen) atoms. The molecule has 2 heterocycles. The van der Waals surface area contributed by atoms with Crippen LogP contribution in [0.3, 0.4) is 0 Å². The van der Waals surface area contributed by atoms with Crippen LogP contribution in [0.15, 0.2) is 18.2 Å². The van der Waals surface area contributed by atoms with Gasteiger partial charge in [0.1, 0.15) is 5.75 Å². The molecule has 3 rings (SSSR count). The Balaban J connectivity index is 1.54. The Bertz CT molecular complexity index is 638. The van der Waals surface area contributed by atoms with E-state index in [0.29, 0.717) is 19.1 Å². The summed E-state index contributed by atoms with van der Waals surface area (Å²) < 4.78 is 5.59. The van der Waals surface area contributed by atoms with Crippen molar-refractivity contribution in [2.45, 2.75) is 77.8 Å². The molecule has 2 aliphatic heterocycles. The van der Waals surface area contributed by atoms with Gasteiger partial charge in [0.15, 0.2) is 0 Å². The molecule has 0 spiro atoms. The fourth-order valence-electron chi connectivity index (χ4n) is 5.09. The third-order valence-electron chi connectivity index (χ3n) is 6.55. The Morgan fingerprint density at radius 2 is 2.15 bits per heavy atom. The lowest BCUT2D eigenvalue weighted by Gasteiger charge is -2.34. The molecule has 0 aliphatic carbocycles. The molecule has 4 nitrogen and oxygen atoms in total. The summed E-state index contributed by atoms with van der Waals surface area (Å²) in [6.45, 7) is 7.10. The summed E-state index contributed by atoms with van der Waals surface area (Å²) in [5.41, 5.74) is 2.37. The van der Waals surface area contributed by atoms with Gasteiger partial charge in [0.2, 0.25) is 5.91 Å². The SMILES string of the molecule is CCOc1ccc(CCCC(=O)N2[C@@H]3CC[C@H]2[C@@](CC)(CO)C3)cc1C. The first-order chi connectivity index (χ1) is 12.5. The molecule has 144 valence electrons. The largest absolute Gasteiger partial charge is 0.494 e. The van der Waals surface area contributed by atoms with Crippen molar-refractivity contribution in [3.05, 3.63) is 29.3 Å². The van der Waals surface area contributed by atoms with Crippen LogP contribution in [0.4, 0.5) is 0 Å². The number of aliphatic hydroxyl groups excluding tert-OH is 1. The second kappa shape index (κ2) is 7.99. The summed E-state index contributed by atoms with van der Waals surface area (Å²) in [7, 11) is 0. The van der Waals surface area contributed by atoms with Crippen molar-refractivity contribution >= 4 is 5.91 Å². The molecule has 2 aliphatic rings. The van der Waals surface area contributed by atoms with Gasteiger partial charge in [-0.3, -0.25) is 4.79 Å². The van der Waals surface area contributed by atoms with Crippen molar-refractivity contribution < 1.29 is 14.6 Å². The van der Waals surface area contributed by atoms with Gasteiger partial charge in [-0.05, 0) is 69.6 Å². The lowest BCUT2D eigenvalue weighted by atomic mass is 9.72. The second-order valence-electron chi connectivity index (χ2n) is 8.01. The number of ether oxygens (including phenoxy) is 1. The van der Waals surface area contributed by atoms with Crippen molar-refractivity contribution in [1.29, 1.82) is 0 Å². The van der Waals surface area contributed by atoms with Crippen LogP contribution in [-0.4, -0.2) is 41.2 Å². The molecule has 0 unspecified atom stereocenters. The first-order valence-electron chi connectivity index (χ1n) is 10.2. The molecule has 1 aromatic rings. The number of carbonyl (C=O) groups is 1. The molecule has 3 atom stereocenters. The summed E-state index contributed by atoms with van der Waals surface area (Å²) in [5, 5.41) is 9.90. The average molecular weight is 360 g/mol. The van der Waals surface area contributed by atoms with E-state index < -0.39 is 0 Å². The fourth-order valence-corrected chi connectivity index (χ4v) is 5.09. The third-order valence-corrected chi connectivity index (χ3v) is 6.55. The minimum atomic E-state index is -0.0508. The minimum absolute atomic E-state index is 0.0508. The van der Waals surface area contributed by atoms with E-state index in [1.54, 1.807) is 0 Å². The smallest absolute Gasteiger partial charge is 0.223 e. The van der Waals surface area contributed by atoms with Crippen LogP contribution in [0.1, 0.15) is 63.5 Å². The number of aryl methyl sites for hydroxylation is 2. The molecular weight excluding hydrogens is 326 g/mol. The number of hydrogen-bond acceptors (Lipinski definition) is 3. The van der Waals surface area contributed by atoms with Crippen LogP contribution >= 0.6 is 0 Å². The van der Waals surface area contributed by atoms with E-state index in [1.807, 2.05) is 13.0 Å². The highest BCUT2D eigenvalue weighted by Gasteiger charge is 2.55. The van der Waals surface area contributed by atoms with Crippen LogP contribution in [-0.2, 0) is 11.2 Å². The topological polar surface area (TPSA) is 49.8 Å². The lowest BCUT2D eigenvalue weighted by molar-refractivity contribution is -0.133. The standard InChI is InChI=1S/C22H33NO3/c1-4-22(15-24)14-18-10-12-20(22)23(18)21(25)8-6-7-17-9-11-19(26-5-2)16(3)13-17/h9,11,13,18,20,24H,4-8,10,12,14-15H2,1-3H3/t18-,20+,22-/m1/s1. The second-order valence-corrected chi connectivity index (χ2v) is 8.01. The monoisotopic (exact) mass is 359 g/mol. The summed E-state index contributed by atoms with van der Waals surface area (Å²) >= 11 is 0. The maximum Gasteiger partial charge on any atom is 0.223 e. The average Bonchev–Trinajstić information content (AvgIpc) is 3.20. The molecule has 1 aromatic carbocycles. The summed E-state index contributed by atoms with van der Waals surface area (Å²) in [5.74, 6) is 1.23. The summed E-state index contributed by atoms with van der Waals surface area (Å²) in [6, 6.07) is 6.92. The van der Waals surface area contributed by atoms with E-state index in [4.69, 9.17) is 4.74 Å². The van der Waals surface area contributed by atoms with Crippen molar-refractivity contribution in [3.63, 3.8) is 0 Å². The lowest BCUT2D eigenvalue weighted by Crippen LogP contribution is -2.42. The normalized spacial score (nSPS) is 27.2. The molecule has 2 fully saturated rings. The van der Waals surface area contributed by atoms with E-state index in [2.05, 4.69) is 30.9 Å². The highest BCUT2D eigenvalue weighted by molar-refractivity contribution is 5.78. The van der Waals surface area contributed by atoms with Gasteiger partial charge < -0.3 is 14.7 Å². The van der Waals surface area contributed by atoms with Crippen LogP contribution in [0, 0.1) is 12.3 Å². The quantitative estimate of drug-likeness (QED) is 0.766. The van der Waals surface area contributed by atoms with Crippen molar-refractivity contribution in [3.8, 4) is 5.75 Å². The van der Waals surface area contributed by atoms with E-state index in [0.717, 1.165) is 49.8 Å². The molecule has 1 amide bonds. The Morgan fingerprint density at radius 3 is 2.77 bits per heavy atom. The van der Waals surface area contributed by atoms with Crippen LogP contribution in [0.25, 0.3) is 0 Å². The third kappa shape index (κ3) is 3.48. The van der Waals surface area contributed by atoms with E-state index in [9.17, 15) is 9.90 Å². The zero-order valence-corrected chi connectivity index (χ0v) is 16.5. The Labute approximate surface area is 157 Å². The predicted molar refractivity (Wildman–Crippen MR) is 103 cm³/mol. The molecule has 0 radical (unpaired) electrons. The van der Waals surface area contributed by atoms with E-state index in [-0.39, 0.29) is 24.0 Å². The number of aliphatic hydroxyl groups is 1. The zero-order valence-electron chi connectivity index (χ0n) is 16.5. The van der Waals surface area contributed by atoms with Gasteiger partial charge in [0.25, 0.3) is 0 Å². The number of nitrogens with zero attached hydrogens (tertiary/aromatic N) is 1. The molecule has 0 saturated carbocycles. The van der Waals surface area contributed by atoms with E-state index in [1.165, 1.54) is 5.56 Å². The molecular formula is C22H33NO3. The molecule has 4 heteroatoms. The maximum atomic E-state index is 12.8. The maximum absolute atomic E-state index is 12.8. The summed E-state index contributed by atoms with van der Waals surface area (Å²) in [6.07, 6.45) is 6.50. The molecule has 2 saturated heterocycles. The molecule has 1 N–H and O–H groups in total. The Morgan fingerprint density at radius 1 is 1.35 bits per heavy atom. The van der Waals surface area contributed by atoms with Crippen molar-refractivity contribution in [2.24, 2.45) is 5.41 Å². The predicted octanol–water partition coefficient (Wildman–Crippen LogP) is 3.87. The number of carbonyl (C=O) groups excluding carboxylic acids is 1. The highest BCUT2D eigenvalue weighted by atomic mass is 16.5. The van der Waals surface area contributed by atoms with Gasteiger partial charge in [-0.15, -0.1) is 0 Å². The number of amides is 1. The van der Waals surface area contributed by atoms with Gasteiger partial charge in [-0.25, -0.2) is 0 Å². The number of fused-ring (bicyclic) bond motifs is 2. The van der Waals surface area contributed by atoms with Crippen LogP contribution in [0.2, 0.25) is 0 Å². The first-order valence-corrected chi connectivity index (χ1v) is 10.2. The Kier molecular flexibility index (Phi) is 5.91. The fraction of sp³-hybridized carbons (Fsp3) is 0.682. The van der Waals surface area contributed by atoms with Gasteiger partial charge >= 0.3 is 0 Å². The zero-order chi connectivity index (χ0) is 18.7.